The Labute approximate surface area is 155 Å². The molecule has 2 rings (SSSR count). The first-order valence-corrected chi connectivity index (χ1v) is 7.87. The van der Waals surface area contributed by atoms with Gasteiger partial charge in [0, 0.05) is 46.1 Å². The Morgan fingerprint density at radius 1 is 1.52 bits per heavy atom. The Morgan fingerprint density at radius 2 is 2.30 bits per heavy atom. The van der Waals surface area contributed by atoms with Gasteiger partial charge in [0.2, 0.25) is 0 Å². The maximum absolute atomic E-state index is 11.9. The molecule has 2 heterocycles. The lowest BCUT2D eigenvalue weighted by atomic mass is 9.98. The normalized spacial score (nSPS) is 18.3. The van der Waals surface area contributed by atoms with Crippen molar-refractivity contribution < 1.29 is 9.53 Å². The molecular weight excluding hydrogens is 407 g/mol. The van der Waals surface area contributed by atoms with Crippen molar-refractivity contribution in [2.45, 2.75) is 26.3 Å². The zero-order chi connectivity index (χ0) is 15.9. The summed E-state index contributed by atoms with van der Waals surface area (Å²) in [6, 6.07) is 2.08. The molecule has 0 radical (unpaired) electrons. The third-order valence-electron chi connectivity index (χ3n) is 3.90. The van der Waals surface area contributed by atoms with Crippen molar-refractivity contribution in [2.24, 2.45) is 18.0 Å². The number of guanidine groups is 1. The predicted molar refractivity (Wildman–Crippen MR) is 102 cm³/mol. The fourth-order valence-electron chi connectivity index (χ4n) is 2.80. The van der Waals surface area contributed by atoms with Crippen LogP contribution in [-0.2, 0) is 23.1 Å². The molecule has 1 atom stereocenters. The number of halogens is 1. The Bertz CT molecular complexity index is 530. The number of hydrogen-bond donors (Lipinski definition) is 1. The number of nitrogens with one attached hydrogen (secondary N) is 1. The molecule has 0 bridgehead atoms. The van der Waals surface area contributed by atoms with Gasteiger partial charge in [-0.25, -0.2) is 0 Å². The van der Waals surface area contributed by atoms with Gasteiger partial charge >= 0.3 is 5.97 Å². The van der Waals surface area contributed by atoms with Gasteiger partial charge in [0.1, 0.15) is 0 Å². The number of aromatic nitrogens is 1. The summed E-state index contributed by atoms with van der Waals surface area (Å²) in [5, 5.41) is 3.37. The molecule has 1 aliphatic rings. The molecule has 7 heteroatoms. The molecule has 130 valence electrons. The summed E-state index contributed by atoms with van der Waals surface area (Å²) >= 11 is 0. The Morgan fingerprint density at radius 3 is 2.91 bits per heavy atom. The minimum absolute atomic E-state index is 0. The molecule has 23 heavy (non-hydrogen) atoms. The molecule has 1 saturated heterocycles. The molecule has 0 aliphatic carbocycles. The number of likely N-dealkylation sites (tertiary alicyclic amines) is 1. The molecule has 1 aromatic rings. The van der Waals surface area contributed by atoms with E-state index in [1.54, 1.807) is 7.05 Å². The van der Waals surface area contributed by atoms with Crippen LogP contribution in [0.2, 0.25) is 0 Å². The predicted octanol–water partition coefficient (Wildman–Crippen LogP) is 1.99. The van der Waals surface area contributed by atoms with E-state index < -0.39 is 0 Å². The van der Waals surface area contributed by atoms with Crippen LogP contribution >= 0.6 is 24.0 Å². The maximum atomic E-state index is 11.9. The van der Waals surface area contributed by atoms with E-state index in [0.29, 0.717) is 13.2 Å². The molecule has 0 spiro atoms. The smallest absolute Gasteiger partial charge is 0.310 e. The van der Waals surface area contributed by atoms with Crippen molar-refractivity contribution in [3.63, 3.8) is 0 Å². The molecule has 0 amide bonds. The van der Waals surface area contributed by atoms with Crippen molar-refractivity contribution in [1.82, 2.24) is 14.8 Å². The number of aryl methyl sites for hydroxylation is 1. The Balaban J connectivity index is 0.00000264. The van der Waals surface area contributed by atoms with E-state index in [9.17, 15) is 4.79 Å². The fourth-order valence-corrected chi connectivity index (χ4v) is 2.80. The van der Waals surface area contributed by atoms with Crippen molar-refractivity contribution in [1.29, 1.82) is 0 Å². The summed E-state index contributed by atoms with van der Waals surface area (Å²) in [6.07, 6.45) is 5.98. The van der Waals surface area contributed by atoms with E-state index in [4.69, 9.17) is 4.74 Å². The first-order chi connectivity index (χ1) is 10.6. The zero-order valence-electron chi connectivity index (χ0n) is 14.1. The van der Waals surface area contributed by atoms with Crippen LogP contribution in [0.3, 0.4) is 0 Å². The Hall–Kier alpha value is -1.25. The molecule has 1 N–H and O–H groups in total. The summed E-state index contributed by atoms with van der Waals surface area (Å²) in [5.41, 5.74) is 1.21. The van der Waals surface area contributed by atoms with E-state index in [-0.39, 0.29) is 35.9 Å². The Kier molecular flexibility index (Phi) is 8.43. The average Bonchev–Trinajstić information content (AvgIpc) is 2.94. The van der Waals surface area contributed by atoms with Crippen molar-refractivity contribution in [2.75, 3.05) is 26.7 Å². The van der Waals surface area contributed by atoms with Crippen LogP contribution in [0.25, 0.3) is 0 Å². The molecule has 0 saturated carbocycles. The summed E-state index contributed by atoms with van der Waals surface area (Å²) in [5.74, 6) is 0.701. The van der Waals surface area contributed by atoms with Crippen LogP contribution in [0.4, 0.5) is 0 Å². The number of aliphatic imine (C=N–C) groups is 1. The van der Waals surface area contributed by atoms with Gasteiger partial charge in [-0.15, -0.1) is 24.0 Å². The molecule has 1 aromatic heterocycles. The largest absolute Gasteiger partial charge is 0.466 e. The number of esters is 1. The van der Waals surface area contributed by atoms with Crippen LogP contribution in [0, 0.1) is 5.92 Å². The highest BCUT2D eigenvalue weighted by molar-refractivity contribution is 14.0. The third kappa shape index (κ3) is 5.71. The second-order valence-corrected chi connectivity index (χ2v) is 5.62. The molecule has 6 nitrogen and oxygen atoms in total. The molecule has 1 fully saturated rings. The third-order valence-corrected chi connectivity index (χ3v) is 3.90. The average molecular weight is 434 g/mol. The SMILES string of the molecule is CCOC(=O)[C@@H]1CCCN(C(=NC)NCc2ccn(C)c2)C1.I. The van der Waals surface area contributed by atoms with Gasteiger partial charge in [0.15, 0.2) is 5.96 Å². The summed E-state index contributed by atoms with van der Waals surface area (Å²) in [4.78, 5) is 18.4. The minimum atomic E-state index is -0.0919. The van der Waals surface area contributed by atoms with Gasteiger partial charge in [-0.3, -0.25) is 9.79 Å². The topological polar surface area (TPSA) is 58.9 Å². The zero-order valence-corrected chi connectivity index (χ0v) is 16.4. The van der Waals surface area contributed by atoms with Gasteiger partial charge in [0.25, 0.3) is 0 Å². The number of hydrogen-bond acceptors (Lipinski definition) is 3. The minimum Gasteiger partial charge on any atom is -0.466 e. The number of carbonyl (C=O) groups excluding carboxylic acids is 1. The fraction of sp³-hybridized carbons (Fsp3) is 0.625. The quantitative estimate of drug-likeness (QED) is 0.341. The lowest BCUT2D eigenvalue weighted by Gasteiger charge is -2.33. The van der Waals surface area contributed by atoms with Gasteiger partial charge in [-0.2, -0.15) is 0 Å². The highest BCUT2D eigenvalue weighted by Gasteiger charge is 2.28. The van der Waals surface area contributed by atoms with E-state index in [1.807, 2.05) is 24.7 Å². The molecular formula is C16H27IN4O2. The number of carbonyl (C=O) groups is 1. The standard InChI is InChI=1S/C16H26N4O2.HI/c1-4-22-15(21)14-6-5-8-20(12-14)16(17-2)18-10-13-7-9-19(3)11-13;/h7,9,11,14H,4-6,8,10,12H2,1-3H3,(H,17,18);1H/t14-;/m1./s1. The van der Waals surface area contributed by atoms with E-state index in [0.717, 1.165) is 31.9 Å². The monoisotopic (exact) mass is 434 g/mol. The number of ether oxygens (including phenoxy) is 1. The lowest BCUT2D eigenvalue weighted by molar-refractivity contribution is -0.149. The van der Waals surface area contributed by atoms with Gasteiger partial charge < -0.3 is 19.5 Å². The number of piperidine rings is 1. The second kappa shape index (κ2) is 9.79. The first kappa shape index (κ1) is 19.8. The molecule has 0 unspecified atom stereocenters. The van der Waals surface area contributed by atoms with E-state index in [1.165, 1.54) is 5.56 Å². The van der Waals surface area contributed by atoms with Crippen molar-refractivity contribution >= 4 is 35.9 Å². The van der Waals surface area contributed by atoms with Crippen molar-refractivity contribution in [3.8, 4) is 0 Å². The summed E-state index contributed by atoms with van der Waals surface area (Å²) in [6.45, 7) is 4.61. The molecule has 0 aromatic carbocycles. The van der Waals surface area contributed by atoms with Gasteiger partial charge in [0.05, 0.1) is 12.5 Å². The van der Waals surface area contributed by atoms with Crippen LogP contribution < -0.4 is 5.32 Å². The second-order valence-electron chi connectivity index (χ2n) is 5.62. The van der Waals surface area contributed by atoms with Crippen molar-refractivity contribution in [3.05, 3.63) is 24.0 Å². The summed E-state index contributed by atoms with van der Waals surface area (Å²) < 4.78 is 7.17. The first-order valence-electron chi connectivity index (χ1n) is 7.87. The summed E-state index contributed by atoms with van der Waals surface area (Å²) in [7, 11) is 3.79. The lowest BCUT2D eigenvalue weighted by Crippen LogP contribution is -2.48. The molecule has 1 aliphatic heterocycles. The number of rotatable bonds is 4. The van der Waals surface area contributed by atoms with Gasteiger partial charge in [-0.05, 0) is 31.4 Å². The van der Waals surface area contributed by atoms with Crippen LogP contribution in [0.5, 0.6) is 0 Å². The van der Waals surface area contributed by atoms with Gasteiger partial charge in [-0.1, -0.05) is 0 Å². The van der Waals surface area contributed by atoms with Crippen LogP contribution in [0.1, 0.15) is 25.3 Å². The number of nitrogens with zero attached hydrogens (tertiary/aromatic N) is 3. The van der Waals surface area contributed by atoms with E-state index >= 15 is 0 Å². The van der Waals surface area contributed by atoms with Crippen LogP contribution in [0.15, 0.2) is 23.5 Å². The highest BCUT2D eigenvalue weighted by Crippen LogP contribution is 2.18. The van der Waals surface area contributed by atoms with Crippen LogP contribution in [-0.4, -0.2) is 48.1 Å². The van der Waals surface area contributed by atoms with E-state index in [2.05, 4.69) is 27.5 Å². The maximum Gasteiger partial charge on any atom is 0.310 e. The highest BCUT2D eigenvalue weighted by atomic mass is 127.